The van der Waals surface area contributed by atoms with E-state index in [-0.39, 0.29) is 28.6 Å². The lowest BCUT2D eigenvalue weighted by Crippen LogP contribution is -2.31. The lowest BCUT2D eigenvalue weighted by molar-refractivity contribution is 0.0948. The molecule has 0 aliphatic rings. The predicted molar refractivity (Wildman–Crippen MR) is 118 cm³/mol. The number of benzene rings is 2. The van der Waals surface area contributed by atoms with Crippen LogP contribution in [0.15, 0.2) is 82.8 Å². The Bertz CT molecular complexity index is 1140. The number of sulfonamides is 1. The molecule has 0 aliphatic carbocycles. The zero-order chi connectivity index (χ0) is 21.7. The fourth-order valence-electron chi connectivity index (χ4n) is 2.71. The van der Waals surface area contributed by atoms with Gasteiger partial charge in [-0.25, -0.2) is 8.42 Å². The molecule has 0 saturated heterocycles. The Morgan fingerprint density at radius 1 is 1.13 bits per heavy atom. The number of amides is 1. The van der Waals surface area contributed by atoms with Gasteiger partial charge in [0.05, 0.1) is 40.5 Å². The molecule has 6 nitrogen and oxygen atoms in total. The van der Waals surface area contributed by atoms with E-state index >= 15 is 0 Å². The van der Waals surface area contributed by atoms with Gasteiger partial charge >= 0.3 is 0 Å². The number of nitrogens with one attached hydrogen (secondary N) is 1. The summed E-state index contributed by atoms with van der Waals surface area (Å²) in [5.74, 6) is 0.0401. The normalized spacial score (nSPS) is 11.1. The van der Waals surface area contributed by atoms with Gasteiger partial charge in [-0.1, -0.05) is 29.3 Å². The van der Waals surface area contributed by atoms with Crippen molar-refractivity contribution in [3.05, 3.63) is 94.9 Å². The van der Waals surface area contributed by atoms with Crippen molar-refractivity contribution in [2.45, 2.75) is 11.4 Å². The van der Waals surface area contributed by atoms with Crippen LogP contribution in [0, 0.1) is 0 Å². The van der Waals surface area contributed by atoms with E-state index in [0.717, 1.165) is 0 Å². The van der Waals surface area contributed by atoms with Crippen LogP contribution in [0.2, 0.25) is 10.0 Å². The molecule has 0 unspecified atom stereocenters. The molecule has 3 rings (SSSR count). The molecule has 9 heteroatoms. The van der Waals surface area contributed by atoms with Crippen LogP contribution in [0.4, 0.5) is 5.69 Å². The third-order valence-electron chi connectivity index (χ3n) is 4.18. The van der Waals surface area contributed by atoms with Crippen molar-refractivity contribution < 1.29 is 17.6 Å². The summed E-state index contributed by atoms with van der Waals surface area (Å²) < 4.78 is 32.9. The number of hydrogen-bond acceptors (Lipinski definition) is 4. The summed E-state index contributed by atoms with van der Waals surface area (Å²) in [6.07, 6.45) is 2.96. The van der Waals surface area contributed by atoms with Crippen LogP contribution >= 0.6 is 23.2 Å². The van der Waals surface area contributed by atoms with Crippen molar-refractivity contribution in [1.29, 1.82) is 0 Å². The molecule has 0 atom stereocenters. The highest BCUT2D eigenvalue weighted by Crippen LogP contribution is 2.28. The molecule has 1 N–H and O–H groups in total. The van der Waals surface area contributed by atoms with E-state index in [1.807, 2.05) is 0 Å². The van der Waals surface area contributed by atoms with Gasteiger partial charge in [0.1, 0.15) is 5.76 Å². The van der Waals surface area contributed by atoms with Gasteiger partial charge < -0.3 is 9.73 Å². The minimum atomic E-state index is -4.00. The molecule has 156 valence electrons. The van der Waals surface area contributed by atoms with E-state index < -0.39 is 15.9 Å². The maximum absolute atomic E-state index is 13.3. The van der Waals surface area contributed by atoms with Crippen molar-refractivity contribution in [3.8, 4) is 0 Å². The number of anilines is 1. The summed E-state index contributed by atoms with van der Waals surface area (Å²) in [4.78, 5) is 12.5. The van der Waals surface area contributed by atoms with Crippen molar-refractivity contribution in [1.82, 2.24) is 5.32 Å². The van der Waals surface area contributed by atoms with Crippen LogP contribution in [-0.2, 0) is 16.6 Å². The van der Waals surface area contributed by atoms with E-state index in [9.17, 15) is 13.2 Å². The summed E-state index contributed by atoms with van der Waals surface area (Å²) >= 11 is 12.1. The Kier molecular flexibility index (Phi) is 6.87. The van der Waals surface area contributed by atoms with Gasteiger partial charge in [0.15, 0.2) is 0 Å². The molecule has 3 aromatic rings. The lowest BCUT2D eigenvalue weighted by atomic mass is 10.2. The summed E-state index contributed by atoms with van der Waals surface area (Å²) in [7, 11) is -4.00. The van der Waals surface area contributed by atoms with Crippen molar-refractivity contribution in [2.24, 2.45) is 0 Å². The lowest BCUT2D eigenvalue weighted by Gasteiger charge is -2.23. The van der Waals surface area contributed by atoms with Crippen LogP contribution < -0.4 is 9.62 Å². The van der Waals surface area contributed by atoms with Gasteiger partial charge in [-0.2, -0.15) is 0 Å². The minimum absolute atomic E-state index is 0.0343. The average Bonchev–Trinajstić information content (AvgIpc) is 3.25. The molecule has 0 spiro atoms. The molecule has 0 fully saturated rings. The third-order valence-corrected chi connectivity index (χ3v) is 6.55. The number of nitrogens with zero attached hydrogens (tertiary/aromatic N) is 1. The SMILES string of the molecule is C=CCN(c1ccc(Cl)cc1)S(=O)(=O)c1ccc(Cl)c(C(=O)NCc2ccco2)c1. The molecular weight excluding hydrogens is 447 g/mol. The molecular formula is C21H18Cl2N2O4S. The molecule has 0 aliphatic heterocycles. The molecule has 1 aromatic heterocycles. The first kappa shape index (κ1) is 22.0. The third kappa shape index (κ3) is 4.87. The smallest absolute Gasteiger partial charge is 0.264 e. The van der Waals surface area contributed by atoms with Gasteiger partial charge in [0.2, 0.25) is 0 Å². The summed E-state index contributed by atoms with van der Waals surface area (Å²) in [5.41, 5.74) is 0.456. The first-order chi connectivity index (χ1) is 14.3. The molecule has 1 heterocycles. The second-order valence-corrected chi connectivity index (χ2v) is 8.91. The fraction of sp³-hybridized carbons (Fsp3) is 0.0952. The minimum Gasteiger partial charge on any atom is -0.467 e. The van der Waals surface area contributed by atoms with Gasteiger partial charge in [-0.05, 0) is 54.6 Å². The summed E-state index contributed by atoms with van der Waals surface area (Å²) in [6.45, 7) is 3.81. The molecule has 2 aromatic carbocycles. The van der Waals surface area contributed by atoms with Crippen molar-refractivity contribution >= 4 is 44.8 Å². The summed E-state index contributed by atoms with van der Waals surface area (Å²) in [5, 5.41) is 3.27. The second kappa shape index (κ2) is 9.38. The quantitative estimate of drug-likeness (QED) is 0.480. The number of carbonyl (C=O) groups excluding carboxylic acids is 1. The number of halogens is 2. The van der Waals surface area contributed by atoms with E-state index in [1.165, 1.54) is 34.8 Å². The predicted octanol–water partition coefficient (Wildman–Crippen LogP) is 4.90. The Morgan fingerprint density at radius 3 is 2.50 bits per heavy atom. The highest BCUT2D eigenvalue weighted by Gasteiger charge is 2.26. The molecule has 1 amide bonds. The number of rotatable bonds is 8. The maximum atomic E-state index is 13.3. The average molecular weight is 465 g/mol. The first-order valence-corrected chi connectivity index (χ1v) is 11.0. The largest absolute Gasteiger partial charge is 0.467 e. The fourth-order valence-corrected chi connectivity index (χ4v) is 4.50. The molecule has 0 bridgehead atoms. The van der Waals surface area contributed by atoms with Crippen LogP contribution in [0.3, 0.4) is 0 Å². The second-order valence-electron chi connectivity index (χ2n) is 6.20. The van der Waals surface area contributed by atoms with Gasteiger partial charge in [0, 0.05) is 5.02 Å². The van der Waals surface area contributed by atoms with Crippen LogP contribution in [0.25, 0.3) is 0 Å². The Balaban J connectivity index is 1.92. The Hall–Kier alpha value is -2.74. The van der Waals surface area contributed by atoms with Gasteiger partial charge in [-0.3, -0.25) is 9.10 Å². The van der Waals surface area contributed by atoms with E-state index in [2.05, 4.69) is 11.9 Å². The number of hydrogen-bond donors (Lipinski definition) is 1. The first-order valence-electron chi connectivity index (χ1n) is 8.82. The highest BCUT2D eigenvalue weighted by molar-refractivity contribution is 7.92. The zero-order valence-electron chi connectivity index (χ0n) is 15.7. The van der Waals surface area contributed by atoms with Crippen molar-refractivity contribution in [2.75, 3.05) is 10.8 Å². The van der Waals surface area contributed by atoms with E-state index in [1.54, 1.807) is 36.4 Å². The zero-order valence-corrected chi connectivity index (χ0v) is 18.0. The van der Waals surface area contributed by atoms with Crippen LogP contribution in [0.1, 0.15) is 16.1 Å². The van der Waals surface area contributed by atoms with Gasteiger partial charge in [-0.15, -0.1) is 6.58 Å². The summed E-state index contributed by atoms with van der Waals surface area (Å²) in [6, 6.07) is 13.8. The molecule has 0 saturated carbocycles. The molecule has 30 heavy (non-hydrogen) atoms. The standard InChI is InChI=1S/C21H18Cl2N2O4S/c1-2-11-25(16-7-5-15(22)6-8-16)30(27,28)18-9-10-20(23)19(13-18)21(26)24-14-17-4-3-12-29-17/h2-10,12-13H,1,11,14H2,(H,24,26). The number of carbonyl (C=O) groups is 1. The highest BCUT2D eigenvalue weighted by atomic mass is 35.5. The van der Waals surface area contributed by atoms with Crippen molar-refractivity contribution in [3.63, 3.8) is 0 Å². The Labute approximate surface area is 184 Å². The topological polar surface area (TPSA) is 79.6 Å². The van der Waals surface area contributed by atoms with Gasteiger partial charge in [0.25, 0.3) is 15.9 Å². The Morgan fingerprint density at radius 2 is 1.87 bits per heavy atom. The maximum Gasteiger partial charge on any atom is 0.264 e. The monoisotopic (exact) mass is 464 g/mol. The van der Waals surface area contributed by atoms with Crippen LogP contribution in [0.5, 0.6) is 0 Å². The number of furan rings is 1. The van der Waals surface area contributed by atoms with E-state index in [4.69, 9.17) is 27.6 Å². The van der Waals surface area contributed by atoms with E-state index in [0.29, 0.717) is 16.5 Å². The molecule has 0 radical (unpaired) electrons. The van der Waals surface area contributed by atoms with Crippen LogP contribution in [-0.4, -0.2) is 20.9 Å².